The minimum Gasteiger partial charge on any atom is -0.482 e. The lowest BCUT2D eigenvalue weighted by Crippen LogP contribution is -2.14. The lowest BCUT2D eigenvalue weighted by atomic mass is 10.2. The molecule has 2 aromatic heterocycles. The Hall–Kier alpha value is -3.80. The number of ether oxygens (including phenoxy) is 2. The van der Waals surface area contributed by atoms with E-state index in [0.29, 0.717) is 28.2 Å². The molecule has 0 saturated carbocycles. The molecule has 2 aromatic carbocycles. The van der Waals surface area contributed by atoms with E-state index in [2.05, 4.69) is 0 Å². The zero-order chi connectivity index (χ0) is 19.3. The Morgan fingerprint density at radius 1 is 0.929 bits per heavy atom. The molecule has 4 aromatic rings. The summed E-state index contributed by atoms with van der Waals surface area (Å²) in [5.74, 6) is 0.701. The molecule has 2 heterocycles. The summed E-state index contributed by atoms with van der Waals surface area (Å²) in [6.07, 6.45) is 1.51. The predicted octanol–water partition coefficient (Wildman–Crippen LogP) is 4.18. The van der Waals surface area contributed by atoms with Gasteiger partial charge in [0, 0.05) is 6.07 Å². The first-order valence-corrected chi connectivity index (χ1v) is 8.63. The Bertz CT molecular complexity index is 1140. The van der Waals surface area contributed by atoms with E-state index < -0.39 is 5.97 Å². The summed E-state index contributed by atoms with van der Waals surface area (Å²) in [6.45, 7) is -0.0753. The van der Waals surface area contributed by atoms with Crippen LogP contribution in [0.1, 0.15) is 5.56 Å². The molecule has 0 N–H and O–H groups in total. The smallest absolute Gasteiger partial charge is 0.344 e. The number of furan rings is 1. The van der Waals surface area contributed by atoms with Gasteiger partial charge in [-0.3, -0.25) is 4.79 Å². The fourth-order valence-electron chi connectivity index (χ4n) is 2.69. The molecule has 0 atom stereocenters. The standard InChI is InChI=1S/C22H16O6/c23-18-12-21(20-7-4-10-25-20)28-19-9-8-16(11-17(18)19)26-14-22(24)27-13-15-5-2-1-3-6-15/h1-12H,13-14H2. The molecule has 0 unspecified atom stereocenters. The van der Waals surface area contributed by atoms with Crippen LogP contribution < -0.4 is 10.2 Å². The molecule has 140 valence electrons. The van der Waals surface area contributed by atoms with E-state index in [1.165, 1.54) is 18.4 Å². The Morgan fingerprint density at radius 2 is 1.79 bits per heavy atom. The first-order valence-electron chi connectivity index (χ1n) is 8.63. The molecule has 0 aliphatic rings. The maximum absolute atomic E-state index is 12.4. The molecule has 28 heavy (non-hydrogen) atoms. The monoisotopic (exact) mass is 376 g/mol. The van der Waals surface area contributed by atoms with Crippen LogP contribution in [0.2, 0.25) is 0 Å². The molecule has 0 aliphatic heterocycles. The molecular weight excluding hydrogens is 360 g/mol. The van der Waals surface area contributed by atoms with Crippen molar-refractivity contribution < 1.29 is 23.1 Å². The first kappa shape index (κ1) is 17.6. The summed E-state index contributed by atoms with van der Waals surface area (Å²) in [7, 11) is 0. The molecule has 0 fully saturated rings. The minimum atomic E-state index is -0.496. The highest BCUT2D eigenvalue weighted by molar-refractivity contribution is 5.80. The quantitative estimate of drug-likeness (QED) is 0.470. The van der Waals surface area contributed by atoms with Crippen LogP contribution in [0.15, 0.2) is 86.6 Å². The highest BCUT2D eigenvalue weighted by Gasteiger charge is 2.11. The van der Waals surface area contributed by atoms with E-state index in [1.54, 1.807) is 24.3 Å². The second kappa shape index (κ2) is 7.84. The molecular formula is C22H16O6. The van der Waals surface area contributed by atoms with E-state index in [-0.39, 0.29) is 18.6 Å². The van der Waals surface area contributed by atoms with Gasteiger partial charge in [-0.2, -0.15) is 0 Å². The average molecular weight is 376 g/mol. The molecule has 0 bridgehead atoms. The second-order valence-electron chi connectivity index (χ2n) is 6.05. The highest BCUT2D eigenvalue weighted by Crippen LogP contribution is 2.24. The molecule has 4 rings (SSSR count). The maximum atomic E-state index is 12.4. The zero-order valence-corrected chi connectivity index (χ0v) is 14.8. The van der Waals surface area contributed by atoms with Gasteiger partial charge in [0.1, 0.15) is 17.9 Å². The lowest BCUT2D eigenvalue weighted by molar-refractivity contribution is -0.147. The van der Waals surface area contributed by atoms with Crippen LogP contribution in [-0.4, -0.2) is 12.6 Å². The van der Waals surface area contributed by atoms with Gasteiger partial charge >= 0.3 is 5.97 Å². The fraction of sp³-hybridized carbons (Fsp3) is 0.0909. The summed E-state index contributed by atoms with van der Waals surface area (Å²) in [4.78, 5) is 24.3. The molecule has 6 nitrogen and oxygen atoms in total. The van der Waals surface area contributed by atoms with Crippen molar-refractivity contribution in [2.45, 2.75) is 6.61 Å². The van der Waals surface area contributed by atoms with Gasteiger partial charge in [-0.25, -0.2) is 4.79 Å². The molecule has 0 aliphatic carbocycles. The van der Waals surface area contributed by atoms with Crippen LogP contribution in [0.5, 0.6) is 5.75 Å². The summed E-state index contributed by atoms with van der Waals surface area (Å²) < 4.78 is 21.6. The van der Waals surface area contributed by atoms with Gasteiger partial charge in [0.05, 0.1) is 11.6 Å². The number of carbonyl (C=O) groups excluding carboxylic acids is 1. The van der Waals surface area contributed by atoms with Gasteiger partial charge in [-0.05, 0) is 35.9 Å². The number of fused-ring (bicyclic) bond motifs is 1. The van der Waals surface area contributed by atoms with E-state index in [9.17, 15) is 9.59 Å². The van der Waals surface area contributed by atoms with Gasteiger partial charge in [-0.15, -0.1) is 0 Å². The highest BCUT2D eigenvalue weighted by atomic mass is 16.6. The lowest BCUT2D eigenvalue weighted by Gasteiger charge is -2.08. The zero-order valence-electron chi connectivity index (χ0n) is 14.8. The summed E-state index contributed by atoms with van der Waals surface area (Å²) in [6, 6.07) is 18.9. The molecule has 0 saturated heterocycles. The average Bonchev–Trinajstić information content (AvgIpc) is 3.26. The Morgan fingerprint density at radius 3 is 2.57 bits per heavy atom. The normalized spacial score (nSPS) is 10.7. The van der Waals surface area contributed by atoms with Crippen molar-refractivity contribution in [3.63, 3.8) is 0 Å². The topological polar surface area (TPSA) is 78.9 Å². The van der Waals surface area contributed by atoms with Gasteiger partial charge in [0.15, 0.2) is 23.6 Å². The van der Waals surface area contributed by atoms with Crippen molar-refractivity contribution >= 4 is 16.9 Å². The van der Waals surface area contributed by atoms with Gasteiger partial charge < -0.3 is 18.3 Å². The van der Waals surface area contributed by atoms with Crippen LogP contribution in [0.3, 0.4) is 0 Å². The van der Waals surface area contributed by atoms with Crippen molar-refractivity contribution in [1.82, 2.24) is 0 Å². The number of carbonyl (C=O) groups is 1. The SMILES string of the molecule is O=C(COc1ccc2oc(-c3ccco3)cc(=O)c2c1)OCc1ccccc1. The first-order chi connectivity index (χ1) is 13.7. The maximum Gasteiger partial charge on any atom is 0.344 e. The molecule has 0 radical (unpaired) electrons. The van der Waals surface area contributed by atoms with Gasteiger partial charge in [0.2, 0.25) is 0 Å². The second-order valence-corrected chi connectivity index (χ2v) is 6.05. The Labute approximate surface area is 159 Å². The van der Waals surface area contributed by atoms with E-state index >= 15 is 0 Å². The van der Waals surface area contributed by atoms with Gasteiger partial charge in [-0.1, -0.05) is 30.3 Å². The number of rotatable bonds is 6. The third kappa shape index (κ3) is 3.96. The van der Waals surface area contributed by atoms with Crippen LogP contribution in [0, 0.1) is 0 Å². The van der Waals surface area contributed by atoms with Crippen molar-refractivity contribution in [3.8, 4) is 17.3 Å². The van der Waals surface area contributed by atoms with Crippen LogP contribution in [-0.2, 0) is 16.1 Å². The van der Waals surface area contributed by atoms with E-state index in [0.717, 1.165) is 5.56 Å². The number of esters is 1. The van der Waals surface area contributed by atoms with Crippen molar-refractivity contribution in [2.24, 2.45) is 0 Å². The summed E-state index contributed by atoms with van der Waals surface area (Å²) >= 11 is 0. The van der Waals surface area contributed by atoms with Crippen LogP contribution in [0.25, 0.3) is 22.5 Å². The predicted molar refractivity (Wildman–Crippen MR) is 102 cm³/mol. The summed E-state index contributed by atoms with van der Waals surface area (Å²) in [5, 5.41) is 0.352. The fourth-order valence-corrected chi connectivity index (χ4v) is 2.69. The Kier molecular flexibility index (Phi) is 4.93. The van der Waals surface area contributed by atoms with Gasteiger partial charge in [0.25, 0.3) is 0 Å². The van der Waals surface area contributed by atoms with Crippen molar-refractivity contribution in [1.29, 1.82) is 0 Å². The largest absolute Gasteiger partial charge is 0.482 e. The number of hydrogen-bond acceptors (Lipinski definition) is 6. The minimum absolute atomic E-state index is 0.180. The molecule has 0 amide bonds. The third-order valence-corrected chi connectivity index (χ3v) is 4.06. The molecule has 6 heteroatoms. The number of hydrogen-bond donors (Lipinski definition) is 0. The molecule has 0 spiro atoms. The third-order valence-electron chi connectivity index (χ3n) is 4.06. The summed E-state index contributed by atoms with van der Waals surface area (Å²) in [5.41, 5.74) is 1.06. The van der Waals surface area contributed by atoms with E-state index in [4.69, 9.17) is 18.3 Å². The van der Waals surface area contributed by atoms with Crippen LogP contribution >= 0.6 is 0 Å². The number of benzene rings is 2. The van der Waals surface area contributed by atoms with Crippen molar-refractivity contribution in [3.05, 3.63) is 88.8 Å². The van der Waals surface area contributed by atoms with E-state index in [1.807, 2.05) is 30.3 Å². The Balaban J connectivity index is 1.43. The van der Waals surface area contributed by atoms with Crippen molar-refractivity contribution in [2.75, 3.05) is 6.61 Å². The van der Waals surface area contributed by atoms with Crippen LogP contribution in [0.4, 0.5) is 0 Å².